The lowest BCUT2D eigenvalue weighted by Gasteiger charge is -2.33. The van der Waals surface area contributed by atoms with Crippen molar-refractivity contribution in [1.29, 1.82) is 0 Å². The summed E-state index contributed by atoms with van der Waals surface area (Å²) in [5, 5.41) is 0. The molecule has 0 fully saturated rings. The summed E-state index contributed by atoms with van der Waals surface area (Å²) in [5.74, 6) is 0. The van der Waals surface area contributed by atoms with Crippen LogP contribution >= 0.6 is 0 Å². The SMILES string of the molecule is CCCCCCC[Si](CC)(CC)OC(=O)O[Si](CC)(CC)CCCCCCC. The first-order valence-electron chi connectivity index (χ1n) is 12.4. The number of hydrogen-bond acceptors (Lipinski definition) is 3. The number of carbonyl (C=O) groups excluding carboxylic acids is 1. The molecule has 168 valence electrons. The first-order valence-corrected chi connectivity index (χ1v) is 17.4. The topological polar surface area (TPSA) is 35.5 Å². The van der Waals surface area contributed by atoms with Gasteiger partial charge in [-0.1, -0.05) is 106 Å². The van der Waals surface area contributed by atoms with Gasteiger partial charge in [0.1, 0.15) is 0 Å². The molecule has 0 saturated heterocycles. The van der Waals surface area contributed by atoms with Crippen LogP contribution in [-0.2, 0) is 8.85 Å². The van der Waals surface area contributed by atoms with Crippen molar-refractivity contribution in [3.05, 3.63) is 0 Å². The van der Waals surface area contributed by atoms with Gasteiger partial charge in [0, 0.05) is 0 Å². The second-order valence-electron chi connectivity index (χ2n) is 8.56. The van der Waals surface area contributed by atoms with E-state index in [0.29, 0.717) is 0 Å². The van der Waals surface area contributed by atoms with Crippen molar-refractivity contribution in [2.24, 2.45) is 0 Å². The summed E-state index contributed by atoms with van der Waals surface area (Å²) >= 11 is 0. The average Bonchev–Trinajstić information content (AvgIpc) is 2.71. The standard InChI is InChI=1S/C23H50O3Si2/c1-7-13-15-17-19-21-27(9-3,10-4)25-23(24)26-28(11-5,12-6)22-20-18-16-14-8-2/h7-22H2,1-6H3. The third-order valence-corrected chi connectivity index (χ3v) is 15.5. The Bertz CT molecular complexity index is 346. The smallest absolute Gasteiger partial charge is 0.480 e. The molecule has 0 aliphatic carbocycles. The van der Waals surface area contributed by atoms with E-state index in [1.165, 1.54) is 64.2 Å². The van der Waals surface area contributed by atoms with E-state index in [1.807, 2.05) is 0 Å². The van der Waals surface area contributed by atoms with Gasteiger partial charge < -0.3 is 8.85 Å². The summed E-state index contributed by atoms with van der Waals surface area (Å²) in [6, 6.07) is 6.24. The lowest BCUT2D eigenvalue weighted by Crippen LogP contribution is -2.44. The highest BCUT2D eigenvalue weighted by atomic mass is 28.4. The maximum atomic E-state index is 12.8. The van der Waals surface area contributed by atoms with Crippen LogP contribution < -0.4 is 0 Å². The minimum Gasteiger partial charge on any atom is -0.490 e. The van der Waals surface area contributed by atoms with E-state index in [4.69, 9.17) is 8.85 Å². The molecule has 28 heavy (non-hydrogen) atoms. The van der Waals surface area contributed by atoms with Gasteiger partial charge in [-0.05, 0) is 36.3 Å². The van der Waals surface area contributed by atoms with Gasteiger partial charge in [0.15, 0.2) is 0 Å². The summed E-state index contributed by atoms with van der Waals surface area (Å²) < 4.78 is 12.3. The van der Waals surface area contributed by atoms with Gasteiger partial charge in [-0.25, -0.2) is 4.79 Å². The monoisotopic (exact) mass is 430 g/mol. The normalized spacial score (nSPS) is 12.2. The summed E-state index contributed by atoms with van der Waals surface area (Å²) in [7, 11) is -3.99. The zero-order valence-electron chi connectivity index (χ0n) is 20.0. The minimum atomic E-state index is -1.99. The molecular weight excluding hydrogens is 380 g/mol. The number of unbranched alkanes of at least 4 members (excludes halogenated alkanes) is 8. The number of hydrogen-bond donors (Lipinski definition) is 0. The second-order valence-corrected chi connectivity index (χ2v) is 17.5. The van der Waals surface area contributed by atoms with Crippen molar-refractivity contribution in [3.8, 4) is 0 Å². The Morgan fingerprint density at radius 3 is 1.14 bits per heavy atom. The highest BCUT2D eigenvalue weighted by molar-refractivity contribution is 6.77. The van der Waals surface area contributed by atoms with Gasteiger partial charge in [0.2, 0.25) is 0 Å². The van der Waals surface area contributed by atoms with E-state index >= 15 is 0 Å². The molecule has 0 aliphatic heterocycles. The second kappa shape index (κ2) is 16.5. The first-order chi connectivity index (χ1) is 13.5. The Morgan fingerprint density at radius 2 is 0.857 bits per heavy atom. The van der Waals surface area contributed by atoms with Crippen molar-refractivity contribution in [1.82, 2.24) is 0 Å². The van der Waals surface area contributed by atoms with E-state index in [-0.39, 0.29) is 6.16 Å². The molecule has 0 radical (unpaired) electrons. The fourth-order valence-corrected chi connectivity index (χ4v) is 9.93. The van der Waals surface area contributed by atoms with Crippen molar-refractivity contribution in [2.45, 2.75) is 142 Å². The van der Waals surface area contributed by atoms with Crippen LogP contribution in [0.3, 0.4) is 0 Å². The van der Waals surface area contributed by atoms with Gasteiger partial charge in [0.05, 0.1) is 0 Å². The average molecular weight is 431 g/mol. The molecule has 0 bridgehead atoms. The van der Waals surface area contributed by atoms with E-state index in [1.54, 1.807) is 0 Å². The molecule has 0 amide bonds. The third-order valence-electron chi connectivity index (χ3n) is 6.65. The molecule has 5 heteroatoms. The van der Waals surface area contributed by atoms with Gasteiger partial charge in [-0.3, -0.25) is 0 Å². The highest BCUT2D eigenvalue weighted by Gasteiger charge is 2.39. The van der Waals surface area contributed by atoms with E-state index < -0.39 is 16.6 Å². The minimum absolute atomic E-state index is 0.326. The Hall–Kier alpha value is -0.296. The van der Waals surface area contributed by atoms with Gasteiger partial charge in [-0.2, -0.15) is 0 Å². The van der Waals surface area contributed by atoms with Crippen LogP contribution in [-0.4, -0.2) is 22.8 Å². The molecule has 0 heterocycles. The Balaban J connectivity index is 4.70. The Morgan fingerprint density at radius 1 is 0.536 bits per heavy atom. The first kappa shape index (κ1) is 27.7. The summed E-state index contributed by atoms with van der Waals surface area (Å²) in [6.07, 6.45) is 12.4. The fourth-order valence-electron chi connectivity index (χ4n) is 4.07. The predicted octanol–water partition coefficient (Wildman–Crippen LogP) is 9.05. The molecule has 0 saturated carbocycles. The van der Waals surface area contributed by atoms with E-state index in [2.05, 4.69) is 41.5 Å². The molecule has 3 nitrogen and oxygen atoms in total. The lowest BCUT2D eigenvalue weighted by molar-refractivity contribution is 0.143. The van der Waals surface area contributed by atoms with Crippen molar-refractivity contribution >= 4 is 22.8 Å². The van der Waals surface area contributed by atoms with Crippen molar-refractivity contribution < 1.29 is 13.6 Å². The van der Waals surface area contributed by atoms with Gasteiger partial charge >= 0.3 is 6.16 Å². The van der Waals surface area contributed by atoms with Crippen LogP contribution in [0.2, 0.25) is 36.3 Å². The molecule has 0 rings (SSSR count). The van der Waals surface area contributed by atoms with Crippen LogP contribution in [0, 0.1) is 0 Å². The molecule has 0 aliphatic rings. The van der Waals surface area contributed by atoms with Crippen LogP contribution in [0.5, 0.6) is 0 Å². The zero-order valence-corrected chi connectivity index (χ0v) is 22.0. The van der Waals surface area contributed by atoms with Crippen molar-refractivity contribution in [3.63, 3.8) is 0 Å². The molecule has 0 spiro atoms. The molecule has 0 unspecified atom stereocenters. The largest absolute Gasteiger partial charge is 0.490 e. The number of carbonyl (C=O) groups is 1. The lowest BCUT2D eigenvalue weighted by atomic mass is 10.2. The third kappa shape index (κ3) is 11.0. The van der Waals surface area contributed by atoms with E-state index in [0.717, 1.165) is 36.3 Å². The molecule has 0 aromatic heterocycles. The fraction of sp³-hybridized carbons (Fsp3) is 0.957. The summed E-state index contributed by atoms with van der Waals surface area (Å²) in [5.41, 5.74) is 0. The van der Waals surface area contributed by atoms with Crippen molar-refractivity contribution in [2.75, 3.05) is 0 Å². The maximum Gasteiger partial charge on any atom is 0.480 e. The zero-order chi connectivity index (χ0) is 21.3. The van der Waals surface area contributed by atoms with E-state index in [9.17, 15) is 4.79 Å². The van der Waals surface area contributed by atoms with Crippen LogP contribution in [0.25, 0.3) is 0 Å². The Kier molecular flexibility index (Phi) is 16.3. The van der Waals surface area contributed by atoms with Gasteiger partial charge in [-0.15, -0.1) is 0 Å². The molecular formula is C23H50O3Si2. The quantitative estimate of drug-likeness (QED) is 0.161. The molecule has 0 N–H and O–H groups in total. The number of rotatable bonds is 18. The van der Waals surface area contributed by atoms with Crippen LogP contribution in [0.15, 0.2) is 0 Å². The summed E-state index contributed by atoms with van der Waals surface area (Å²) in [4.78, 5) is 12.8. The molecule has 0 aromatic rings. The Labute approximate surface area is 178 Å². The van der Waals surface area contributed by atoms with Crippen LogP contribution in [0.1, 0.15) is 106 Å². The maximum absolute atomic E-state index is 12.8. The molecule has 0 atom stereocenters. The molecule has 0 aromatic carbocycles. The highest BCUT2D eigenvalue weighted by Crippen LogP contribution is 2.30. The summed E-state index contributed by atoms with van der Waals surface area (Å²) in [6.45, 7) is 13.3. The predicted molar refractivity (Wildman–Crippen MR) is 128 cm³/mol. The van der Waals surface area contributed by atoms with Gasteiger partial charge in [0.25, 0.3) is 16.6 Å². The van der Waals surface area contributed by atoms with Crippen LogP contribution in [0.4, 0.5) is 4.79 Å².